The summed E-state index contributed by atoms with van der Waals surface area (Å²) >= 11 is 2.73. The first kappa shape index (κ1) is 24.9. The molecule has 2 aromatic carbocycles. The number of hydrogen-bond acceptors (Lipinski definition) is 5. The molecule has 2 aromatic heterocycles. The lowest BCUT2D eigenvalue weighted by Crippen LogP contribution is -2.27. The Morgan fingerprint density at radius 3 is 2.43 bits per heavy atom. The van der Waals surface area contributed by atoms with Crippen molar-refractivity contribution >= 4 is 44.9 Å². The monoisotopic (exact) mass is 503 g/mol. The third kappa shape index (κ3) is 5.11. The molecule has 1 N–H and O–H groups in total. The third-order valence-corrected chi connectivity index (χ3v) is 7.87. The summed E-state index contributed by atoms with van der Waals surface area (Å²) in [5, 5.41) is 5.71. The number of nitrogens with one attached hydrogen (secondary N) is 1. The van der Waals surface area contributed by atoms with Crippen LogP contribution in [-0.4, -0.2) is 20.7 Å². The summed E-state index contributed by atoms with van der Waals surface area (Å²) in [6.45, 7) is 14.0. The number of carbonyl (C=O) groups is 1. The summed E-state index contributed by atoms with van der Waals surface area (Å²) in [5.41, 5.74) is 6.96. The van der Waals surface area contributed by atoms with Crippen LogP contribution < -0.4 is 10.9 Å². The summed E-state index contributed by atoms with van der Waals surface area (Å²) in [7, 11) is 0. The summed E-state index contributed by atoms with van der Waals surface area (Å²) in [4.78, 5) is 32.2. The minimum absolute atomic E-state index is 0.118. The number of benzene rings is 2. The Hall–Kier alpha value is -3.16. The molecule has 35 heavy (non-hydrogen) atoms. The van der Waals surface area contributed by atoms with Gasteiger partial charge in [0.15, 0.2) is 5.16 Å². The van der Waals surface area contributed by atoms with E-state index in [2.05, 4.69) is 24.0 Å². The average Bonchev–Trinajstić information content (AvgIpc) is 3.23. The largest absolute Gasteiger partial charge is 0.325 e. The van der Waals surface area contributed by atoms with Crippen LogP contribution in [0.25, 0.3) is 21.3 Å². The fourth-order valence-electron chi connectivity index (χ4n) is 4.15. The molecule has 4 rings (SSSR count). The van der Waals surface area contributed by atoms with Gasteiger partial charge in [0.25, 0.3) is 5.56 Å². The molecule has 0 aliphatic carbocycles. The summed E-state index contributed by atoms with van der Waals surface area (Å²) in [6.07, 6.45) is 1.68. The van der Waals surface area contributed by atoms with Gasteiger partial charge in [-0.1, -0.05) is 65.4 Å². The number of aryl methyl sites for hydroxylation is 4. The van der Waals surface area contributed by atoms with Crippen LogP contribution >= 0.6 is 23.1 Å². The minimum atomic E-state index is -0.452. The minimum Gasteiger partial charge on any atom is -0.325 e. The van der Waals surface area contributed by atoms with E-state index >= 15 is 0 Å². The molecule has 1 amide bonds. The Bertz CT molecular complexity index is 1460. The number of rotatable bonds is 7. The Balaban J connectivity index is 1.68. The van der Waals surface area contributed by atoms with E-state index in [0.29, 0.717) is 21.9 Å². The van der Waals surface area contributed by atoms with Crippen molar-refractivity contribution in [3.05, 3.63) is 87.0 Å². The Morgan fingerprint density at radius 1 is 1.14 bits per heavy atom. The number of hydrogen-bond donors (Lipinski definition) is 1. The number of aromatic nitrogens is 2. The predicted octanol–water partition coefficient (Wildman–Crippen LogP) is 6.66. The van der Waals surface area contributed by atoms with Crippen LogP contribution in [0.15, 0.2) is 64.4 Å². The van der Waals surface area contributed by atoms with E-state index in [0.717, 1.165) is 39.1 Å². The van der Waals surface area contributed by atoms with Crippen LogP contribution in [0.4, 0.5) is 5.69 Å². The third-order valence-electron chi connectivity index (χ3n) is 5.91. The van der Waals surface area contributed by atoms with E-state index in [9.17, 15) is 9.59 Å². The predicted molar refractivity (Wildman–Crippen MR) is 149 cm³/mol. The highest BCUT2D eigenvalue weighted by Crippen LogP contribution is 2.33. The van der Waals surface area contributed by atoms with Gasteiger partial charge in [0.05, 0.1) is 10.6 Å². The standard InChI is InChI=1S/C28H29N3O2S2/c1-7-12-31-27(33)23-22(21-10-8-16(2)9-11-21)15-34-26(23)30-28(31)35-20(6)25(32)29-24-18(4)13-17(3)14-19(24)5/h7-11,13-15,20H,1,12H2,2-6H3,(H,29,32). The lowest BCUT2D eigenvalue weighted by atomic mass is 10.1. The molecule has 2 heterocycles. The first-order valence-electron chi connectivity index (χ1n) is 11.4. The number of amides is 1. The molecule has 180 valence electrons. The molecule has 0 aliphatic heterocycles. The normalized spacial score (nSPS) is 12.0. The Labute approximate surface area is 213 Å². The van der Waals surface area contributed by atoms with Crippen molar-refractivity contribution in [1.82, 2.24) is 9.55 Å². The SMILES string of the molecule is C=CCn1c(SC(C)C(=O)Nc2c(C)cc(C)cc2C)nc2scc(-c3ccc(C)cc3)c2c1=O. The molecular weight excluding hydrogens is 474 g/mol. The van der Waals surface area contributed by atoms with E-state index in [1.807, 2.05) is 64.3 Å². The van der Waals surface area contributed by atoms with Gasteiger partial charge in [-0.05, 0) is 51.3 Å². The number of thiophene rings is 1. The van der Waals surface area contributed by atoms with E-state index < -0.39 is 5.25 Å². The second-order valence-corrected chi connectivity index (χ2v) is 11.0. The van der Waals surface area contributed by atoms with Gasteiger partial charge in [0.1, 0.15) is 4.83 Å². The van der Waals surface area contributed by atoms with Gasteiger partial charge in [-0.2, -0.15) is 0 Å². The zero-order valence-corrected chi connectivity index (χ0v) is 22.3. The number of anilines is 1. The van der Waals surface area contributed by atoms with E-state index in [-0.39, 0.29) is 11.5 Å². The first-order valence-corrected chi connectivity index (χ1v) is 13.2. The van der Waals surface area contributed by atoms with E-state index in [1.165, 1.54) is 23.1 Å². The zero-order chi connectivity index (χ0) is 25.3. The molecule has 0 radical (unpaired) electrons. The maximum atomic E-state index is 13.6. The Kier molecular flexibility index (Phi) is 7.28. The fraction of sp³-hybridized carbons (Fsp3) is 0.250. The average molecular weight is 504 g/mol. The zero-order valence-electron chi connectivity index (χ0n) is 20.6. The molecular formula is C28H29N3O2S2. The summed E-state index contributed by atoms with van der Waals surface area (Å²) < 4.78 is 1.61. The molecule has 1 unspecified atom stereocenters. The van der Waals surface area contributed by atoms with Crippen LogP contribution in [0.2, 0.25) is 0 Å². The first-order chi connectivity index (χ1) is 16.7. The van der Waals surface area contributed by atoms with Gasteiger partial charge in [-0.15, -0.1) is 17.9 Å². The highest BCUT2D eigenvalue weighted by Gasteiger charge is 2.22. The number of allylic oxidation sites excluding steroid dienone is 1. The van der Waals surface area contributed by atoms with Gasteiger partial charge >= 0.3 is 0 Å². The molecule has 0 fully saturated rings. The molecule has 0 saturated heterocycles. The molecule has 0 bridgehead atoms. The number of nitrogens with zero attached hydrogens (tertiary/aromatic N) is 2. The summed E-state index contributed by atoms with van der Waals surface area (Å²) in [6, 6.07) is 12.2. The quantitative estimate of drug-likeness (QED) is 0.174. The topological polar surface area (TPSA) is 64.0 Å². The summed E-state index contributed by atoms with van der Waals surface area (Å²) in [5.74, 6) is -0.129. The van der Waals surface area contributed by atoms with Crippen molar-refractivity contribution in [2.45, 2.75) is 51.6 Å². The van der Waals surface area contributed by atoms with Gasteiger partial charge in [0.2, 0.25) is 5.91 Å². The molecule has 0 aliphatic rings. The van der Waals surface area contributed by atoms with Crippen molar-refractivity contribution in [2.75, 3.05) is 5.32 Å². The maximum absolute atomic E-state index is 13.6. The van der Waals surface area contributed by atoms with Crippen LogP contribution in [-0.2, 0) is 11.3 Å². The number of thioether (sulfide) groups is 1. The molecule has 0 saturated carbocycles. The van der Waals surface area contributed by atoms with Gasteiger partial charge in [0, 0.05) is 23.2 Å². The van der Waals surface area contributed by atoms with Gasteiger partial charge < -0.3 is 5.32 Å². The van der Waals surface area contributed by atoms with E-state index in [1.54, 1.807) is 10.6 Å². The second kappa shape index (κ2) is 10.2. The Morgan fingerprint density at radius 2 is 1.80 bits per heavy atom. The maximum Gasteiger partial charge on any atom is 0.263 e. The molecule has 7 heteroatoms. The second-order valence-electron chi connectivity index (χ2n) is 8.82. The van der Waals surface area contributed by atoms with Crippen molar-refractivity contribution in [2.24, 2.45) is 0 Å². The number of carbonyl (C=O) groups excluding carboxylic acids is 1. The lowest BCUT2D eigenvalue weighted by molar-refractivity contribution is -0.115. The van der Waals surface area contributed by atoms with Gasteiger partial charge in [-0.25, -0.2) is 4.98 Å². The van der Waals surface area contributed by atoms with Crippen LogP contribution in [0.5, 0.6) is 0 Å². The van der Waals surface area contributed by atoms with Crippen molar-refractivity contribution in [1.29, 1.82) is 0 Å². The highest BCUT2D eigenvalue weighted by molar-refractivity contribution is 8.00. The molecule has 4 aromatic rings. The van der Waals surface area contributed by atoms with Crippen molar-refractivity contribution < 1.29 is 4.79 Å². The lowest BCUT2D eigenvalue weighted by Gasteiger charge is -2.17. The fourth-order valence-corrected chi connectivity index (χ4v) is 6.05. The highest BCUT2D eigenvalue weighted by atomic mass is 32.2. The van der Waals surface area contributed by atoms with Crippen LogP contribution in [0, 0.1) is 27.7 Å². The number of fused-ring (bicyclic) bond motifs is 1. The molecule has 1 atom stereocenters. The molecule has 0 spiro atoms. The van der Waals surface area contributed by atoms with Crippen molar-refractivity contribution in [3.63, 3.8) is 0 Å². The van der Waals surface area contributed by atoms with Crippen LogP contribution in [0.1, 0.15) is 29.2 Å². The van der Waals surface area contributed by atoms with E-state index in [4.69, 9.17) is 4.98 Å². The van der Waals surface area contributed by atoms with Crippen LogP contribution in [0.3, 0.4) is 0 Å². The smallest absolute Gasteiger partial charge is 0.263 e. The van der Waals surface area contributed by atoms with Crippen molar-refractivity contribution in [3.8, 4) is 11.1 Å². The molecule has 5 nitrogen and oxygen atoms in total. The van der Waals surface area contributed by atoms with Gasteiger partial charge in [-0.3, -0.25) is 14.2 Å².